The quantitative estimate of drug-likeness (QED) is 0.665. The minimum Gasteiger partial charge on any atom is -0.481 e. The predicted octanol–water partition coefficient (Wildman–Crippen LogP) is 1.61. The Labute approximate surface area is 126 Å². The number of aliphatic carboxylic acids is 1. The van der Waals surface area contributed by atoms with Crippen molar-refractivity contribution in [3.8, 4) is 0 Å². The van der Waals surface area contributed by atoms with Gasteiger partial charge in [0, 0.05) is 19.0 Å². The summed E-state index contributed by atoms with van der Waals surface area (Å²) in [5, 5.41) is 11.9. The van der Waals surface area contributed by atoms with E-state index in [9.17, 15) is 9.59 Å². The summed E-state index contributed by atoms with van der Waals surface area (Å²) in [6.45, 7) is 4.59. The Hall–Kier alpha value is -1.10. The summed E-state index contributed by atoms with van der Waals surface area (Å²) in [5.74, 6) is 0.551. The van der Waals surface area contributed by atoms with E-state index in [1.807, 2.05) is 0 Å². The molecule has 21 heavy (non-hydrogen) atoms. The van der Waals surface area contributed by atoms with Gasteiger partial charge in [0.15, 0.2) is 0 Å². The number of hydrogen-bond acceptors (Lipinski definition) is 3. The van der Waals surface area contributed by atoms with Crippen LogP contribution in [-0.4, -0.2) is 29.6 Å². The molecule has 120 valence electrons. The molecule has 0 saturated heterocycles. The van der Waals surface area contributed by atoms with Gasteiger partial charge >= 0.3 is 5.97 Å². The summed E-state index contributed by atoms with van der Waals surface area (Å²) in [5.41, 5.74) is 6.18. The molecular weight excluding hydrogens is 268 g/mol. The molecule has 2 bridgehead atoms. The SMILES string of the molecule is CC(C)CC(CNC(=O)C1C2CCC(C2)C1N)CC(=O)O. The second-order valence-electron chi connectivity index (χ2n) is 7.27. The zero-order valence-corrected chi connectivity index (χ0v) is 13.0. The van der Waals surface area contributed by atoms with Crippen LogP contribution in [0.4, 0.5) is 0 Å². The maximum atomic E-state index is 12.4. The first kappa shape index (κ1) is 16.3. The lowest BCUT2D eigenvalue weighted by Gasteiger charge is -2.28. The van der Waals surface area contributed by atoms with Crippen LogP contribution in [0.1, 0.15) is 46.0 Å². The largest absolute Gasteiger partial charge is 0.481 e. The fraction of sp³-hybridized carbons (Fsp3) is 0.875. The van der Waals surface area contributed by atoms with Crippen LogP contribution in [-0.2, 0) is 9.59 Å². The van der Waals surface area contributed by atoms with E-state index in [1.54, 1.807) is 0 Å². The van der Waals surface area contributed by atoms with Crippen molar-refractivity contribution < 1.29 is 14.7 Å². The van der Waals surface area contributed by atoms with Gasteiger partial charge in [0.25, 0.3) is 0 Å². The Morgan fingerprint density at radius 2 is 1.95 bits per heavy atom. The molecule has 2 aliphatic carbocycles. The molecule has 0 aliphatic heterocycles. The van der Waals surface area contributed by atoms with Gasteiger partial charge in [-0.3, -0.25) is 9.59 Å². The molecule has 4 N–H and O–H groups in total. The molecular formula is C16H28N2O3. The van der Waals surface area contributed by atoms with Gasteiger partial charge in [-0.2, -0.15) is 0 Å². The van der Waals surface area contributed by atoms with Crippen molar-refractivity contribution in [1.29, 1.82) is 0 Å². The molecule has 0 heterocycles. The van der Waals surface area contributed by atoms with Crippen LogP contribution in [0.15, 0.2) is 0 Å². The third-order valence-corrected chi connectivity index (χ3v) is 5.12. The lowest BCUT2D eigenvalue weighted by atomic mass is 9.84. The first-order valence-corrected chi connectivity index (χ1v) is 8.13. The van der Waals surface area contributed by atoms with Crippen LogP contribution in [0.5, 0.6) is 0 Å². The lowest BCUT2D eigenvalue weighted by Crippen LogP contribution is -2.46. The predicted molar refractivity (Wildman–Crippen MR) is 80.5 cm³/mol. The number of carboxylic acid groups (broad SMARTS) is 1. The molecule has 5 atom stereocenters. The van der Waals surface area contributed by atoms with Crippen molar-refractivity contribution in [3.63, 3.8) is 0 Å². The molecule has 5 unspecified atom stereocenters. The summed E-state index contributed by atoms with van der Waals surface area (Å²) in [6.07, 6.45) is 4.28. The first-order chi connectivity index (χ1) is 9.88. The third-order valence-electron chi connectivity index (χ3n) is 5.12. The average Bonchev–Trinajstić information content (AvgIpc) is 2.94. The number of hydrogen-bond donors (Lipinski definition) is 3. The summed E-state index contributed by atoms with van der Waals surface area (Å²) >= 11 is 0. The van der Waals surface area contributed by atoms with Crippen LogP contribution >= 0.6 is 0 Å². The molecule has 0 radical (unpaired) electrons. The Morgan fingerprint density at radius 1 is 1.29 bits per heavy atom. The van der Waals surface area contributed by atoms with Gasteiger partial charge in [0.1, 0.15) is 0 Å². The van der Waals surface area contributed by atoms with E-state index in [0.717, 1.165) is 25.7 Å². The van der Waals surface area contributed by atoms with Crippen LogP contribution in [0.3, 0.4) is 0 Å². The number of fused-ring (bicyclic) bond motifs is 2. The van der Waals surface area contributed by atoms with E-state index in [2.05, 4.69) is 19.2 Å². The Bertz CT molecular complexity index is 395. The van der Waals surface area contributed by atoms with Gasteiger partial charge in [-0.25, -0.2) is 0 Å². The lowest BCUT2D eigenvalue weighted by molar-refractivity contribution is -0.138. The average molecular weight is 296 g/mol. The number of rotatable bonds is 7. The van der Waals surface area contributed by atoms with Crippen molar-refractivity contribution in [3.05, 3.63) is 0 Å². The molecule has 0 aromatic carbocycles. The fourth-order valence-corrected chi connectivity index (χ4v) is 4.24. The molecule has 2 fully saturated rings. The maximum absolute atomic E-state index is 12.4. The summed E-state index contributed by atoms with van der Waals surface area (Å²) in [4.78, 5) is 23.3. The van der Waals surface area contributed by atoms with Crippen molar-refractivity contribution >= 4 is 11.9 Å². The molecule has 2 aliphatic rings. The number of carboxylic acids is 1. The van der Waals surface area contributed by atoms with Crippen LogP contribution < -0.4 is 11.1 Å². The zero-order chi connectivity index (χ0) is 15.6. The highest BCUT2D eigenvalue weighted by atomic mass is 16.4. The van der Waals surface area contributed by atoms with Crippen molar-refractivity contribution in [2.24, 2.45) is 35.3 Å². The molecule has 0 spiro atoms. The maximum Gasteiger partial charge on any atom is 0.303 e. The summed E-state index contributed by atoms with van der Waals surface area (Å²) in [7, 11) is 0. The Balaban J connectivity index is 1.85. The molecule has 1 amide bonds. The van der Waals surface area contributed by atoms with Crippen molar-refractivity contribution in [2.75, 3.05) is 6.54 Å². The van der Waals surface area contributed by atoms with E-state index in [0.29, 0.717) is 24.3 Å². The monoisotopic (exact) mass is 296 g/mol. The van der Waals surface area contributed by atoms with E-state index in [-0.39, 0.29) is 30.2 Å². The van der Waals surface area contributed by atoms with E-state index < -0.39 is 5.97 Å². The van der Waals surface area contributed by atoms with Gasteiger partial charge < -0.3 is 16.2 Å². The summed E-state index contributed by atoms with van der Waals surface area (Å²) in [6, 6.07) is -0.00762. The number of nitrogens with two attached hydrogens (primary N) is 1. The Kier molecular flexibility index (Phi) is 5.25. The topological polar surface area (TPSA) is 92.4 Å². The highest BCUT2D eigenvalue weighted by molar-refractivity contribution is 5.80. The van der Waals surface area contributed by atoms with Crippen LogP contribution in [0.25, 0.3) is 0 Å². The minimum absolute atomic E-state index is 0.00117. The second-order valence-corrected chi connectivity index (χ2v) is 7.27. The summed E-state index contributed by atoms with van der Waals surface area (Å²) < 4.78 is 0. The minimum atomic E-state index is -0.800. The zero-order valence-electron chi connectivity index (χ0n) is 13.0. The number of carbonyl (C=O) groups is 2. The van der Waals surface area contributed by atoms with Crippen molar-refractivity contribution in [1.82, 2.24) is 5.32 Å². The van der Waals surface area contributed by atoms with E-state index in [4.69, 9.17) is 10.8 Å². The molecule has 2 rings (SSSR count). The van der Waals surface area contributed by atoms with E-state index in [1.165, 1.54) is 0 Å². The number of amides is 1. The molecule has 0 aromatic rings. The van der Waals surface area contributed by atoms with Gasteiger partial charge in [-0.1, -0.05) is 13.8 Å². The number of nitrogens with one attached hydrogen (secondary N) is 1. The molecule has 2 saturated carbocycles. The second kappa shape index (κ2) is 6.77. The fourth-order valence-electron chi connectivity index (χ4n) is 4.24. The molecule has 0 aromatic heterocycles. The molecule has 5 heteroatoms. The smallest absolute Gasteiger partial charge is 0.303 e. The molecule has 5 nitrogen and oxygen atoms in total. The van der Waals surface area contributed by atoms with E-state index >= 15 is 0 Å². The highest BCUT2D eigenvalue weighted by Crippen LogP contribution is 2.47. The van der Waals surface area contributed by atoms with Gasteiger partial charge in [-0.05, 0) is 49.4 Å². The third kappa shape index (κ3) is 3.96. The normalized spacial score (nSPS) is 32.4. The van der Waals surface area contributed by atoms with Gasteiger partial charge in [-0.15, -0.1) is 0 Å². The number of carbonyl (C=O) groups excluding carboxylic acids is 1. The highest BCUT2D eigenvalue weighted by Gasteiger charge is 2.48. The Morgan fingerprint density at radius 3 is 2.48 bits per heavy atom. The van der Waals surface area contributed by atoms with Crippen LogP contribution in [0.2, 0.25) is 0 Å². The van der Waals surface area contributed by atoms with Gasteiger partial charge in [0.2, 0.25) is 5.91 Å². The van der Waals surface area contributed by atoms with Crippen molar-refractivity contribution in [2.45, 2.75) is 52.0 Å². The first-order valence-electron chi connectivity index (χ1n) is 8.13. The standard InChI is InChI=1S/C16H28N2O3/c1-9(2)5-10(6-13(19)20)8-18-16(21)14-11-3-4-12(7-11)15(14)17/h9-12,14-15H,3-8,17H2,1-2H3,(H,18,21)(H,19,20). The van der Waals surface area contributed by atoms with Crippen LogP contribution in [0, 0.1) is 29.6 Å². The van der Waals surface area contributed by atoms with Gasteiger partial charge in [0.05, 0.1) is 5.92 Å².